The molecule has 0 aromatic heterocycles. The molecule has 3 N–H and O–H groups in total. The number of hydrogen-bond donors (Lipinski definition) is 2. The molecule has 4 heteroatoms. The van der Waals surface area contributed by atoms with Gasteiger partial charge in [0.25, 0.3) is 5.91 Å². The molecule has 0 unspecified atom stereocenters. The molecule has 2 fully saturated rings. The van der Waals surface area contributed by atoms with E-state index in [1.165, 1.54) is 25.7 Å². The molecule has 0 aliphatic heterocycles. The summed E-state index contributed by atoms with van der Waals surface area (Å²) in [6.07, 6.45) is 5.06. The molecule has 19 heavy (non-hydrogen) atoms. The number of halogens is 1. The fraction of sp³-hybridized carbons (Fsp3) is 0.533. The van der Waals surface area contributed by atoms with Crippen molar-refractivity contribution in [2.24, 2.45) is 11.8 Å². The Bertz CT molecular complexity index is 509. The van der Waals surface area contributed by atoms with Crippen LogP contribution in [0.15, 0.2) is 16.6 Å². The molecule has 1 amide bonds. The van der Waals surface area contributed by atoms with Gasteiger partial charge >= 0.3 is 0 Å². The zero-order chi connectivity index (χ0) is 13.6. The second kappa shape index (κ2) is 4.82. The second-order valence-electron chi connectivity index (χ2n) is 5.84. The standard InChI is InChI=1S/C15H19BrN2O/c1-8-12(6-11(16)7-13(8)17)15(19)18-14(9-2-3-9)10-4-5-10/h6-7,9-10,14H,2-5,17H2,1H3,(H,18,19). The van der Waals surface area contributed by atoms with Gasteiger partial charge in [-0.2, -0.15) is 0 Å². The molecule has 0 radical (unpaired) electrons. The average molecular weight is 323 g/mol. The number of benzene rings is 1. The number of nitrogen functional groups attached to an aromatic ring is 1. The minimum atomic E-state index is 0.0225. The van der Waals surface area contributed by atoms with E-state index in [-0.39, 0.29) is 5.91 Å². The molecule has 0 spiro atoms. The van der Waals surface area contributed by atoms with Crippen molar-refractivity contribution >= 4 is 27.5 Å². The Labute approximate surface area is 122 Å². The Morgan fingerprint density at radius 1 is 1.32 bits per heavy atom. The van der Waals surface area contributed by atoms with Gasteiger partial charge in [0.05, 0.1) is 0 Å². The third kappa shape index (κ3) is 2.78. The summed E-state index contributed by atoms with van der Waals surface area (Å²) in [4.78, 5) is 12.5. The molecule has 3 rings (SSSR count). The van der Waals surface area contributed by atoms with Crippen LogP contribution in [0.5, 0.6) is 0 Å². The highest BCUT2D eigenvalue weighted by atomic mass is 79.9. The molecule has 2 saturated carbocycles. The minimum Gasteiger partial charge on any atom is -0.398 e. The summed E-state index contributed by atoms with van der Waals surface area (Å²) in [5.41, 5.74) is 8.14. The zero-order valence-corrected chi connectivity index (χ0v) is 12.7. The zero-order valence-electron chi connectivity index (χ0n) is 11.1. The number of anilines is 1. The number of hydrogen-bond acceptors (Lipinski definition) is 2. The van der Waals surface area contributed by atoms with E-state index in [0.717, 1.165) is 10.0 Å². The van der Waals surface area contributed by atoms with Crippen molar-refractivity contribution in [1.82, 2.24) is 5.32 Å². The molecule has 0 atom stereocenters. The van der Waals surface area contributed by atoms with Gasteiger partial charge in [0, 0.05) is 21.8 Å². The fourth-order valence-corrected chi connectivity index (χ4v) is 3.17. The van der Waals surface area contributed by atoms with Gasteiger partial charge in [-0.1, -0.05) is 15.9 Å². The van der Waals surface area contributed by atoms with E-state index in [0.29, 0.717) is 29.1 Å². The van der Waals surface area contributed by atoms with E-state index < -0.39 is 0 Å². The number of nitrogens with two attached hydrogens (primary N) is 1. The van der Waals surface area contributed by atoms with Gasteiger partial charge in [0.15, 0.2) is 0 Å². The lowest BCUT2D eigenvalue weighted by atomic mass is 10.0. The van der Waals surface area contributed by atoms with E-state index in [2.05, 4.69) is 21.2 Å². The van der Waals surface area contributed by atoms with Gasteiger partial charge in [-0.15, -0.1) is 0 Å². The van der Waals surface area contributed by atoms with Gasteiger partial charge in [-0.25, -0.2) is 0 Å². The predicted molar refractivity (Wildman–Crippen MR) is 80.0 cm³/mol. The van der Waals surface area contributed by atoms with Crippen molar-refractivity contribution in [1.29, 1.82) is 0 Å². The average Bonchev–Trinajstić information content (AvgIpc) is 3.23. The first kappa shape index (κ1) is 13.0. The quantitative estimate of drug-likeness (QED) is 0.836. The van der Waals surface area contributed by atoms with Crippen LogP contribution in [0.4, 0.5) is 5.69 Å². The van der Waals surface area contributed by atoms with Gasteiger partial charge in [-0.05, 0) is 62.1 Å². The van der Waals surface area contributed by atoms with Crippen LogP contribution in [-0.2, 0) is 0 Å². The predicted octanol–water partition coefficient (Wildman–Crippen LogP) is 3.26. The summed E-state index contributed by atoms with van der Waals surface area (Å²) >= 11 is 3.40. The van der Waals surface area contributed by atoms with Crippen molar-refractivity contribution in [3.05, 3.63) is 27.7 Å². The minimum absolute atomic E-state index is 0.0225. The van der Waals surface area contributed by atoms with E-state index in [1.807, 2.05) is 19.1 Å². The highest BCUT2D eigenvalue weighted by Crippen LogP contribution is 2.44. The van der Waals surface area contributed by atoms with Crippen molar-refractivity contribution in [3.8, 4) is 0 Å². The number of carbonyl (C=O) groups is 1. The second-order valence-corrected chi connectivity index (χ2v) is 6.76. The van der Waals surface area contributed by atoms with Crippen LogP contribution >= 0.6 is 15.9 Å². The third-order valence-electron chi connectivity index (χ3n) is 4.21. The normalized spacial score (nSPS) is 18.7. The van der Waals surface area contributed by atoms with Crippen LogP contribution in [0.1, 0.15) is 41.6 Å². The van der Waals surface area contributed by atoms with E-state index in [1.54, 1.807) is 0 Å². The summed E-state index contributed by atoms with van der Waals surface area (Å²) in [6.45, 7) is 1.90. The monoisotopic (exact) mass is 322 g/mol. The van der Waals surface area contributed by atoms with E-state index in [4.69, 9.17) is 5.73 Å². The Morgan fingerprint density at radius 2 is 1.89 bits per heavy atom. The number of nitrogens with one attached hydrogen (secondary N) is 1. The molecular weight excluding hydrogens is 304 g/mol. The van der Waals surface area contributed by atoms with Crippen LogP contribution < -0.4 is 11.1 Å². The maximum atomic E-state index is 12.5. The number of amides is 1. The lowest BCUT2D eigenvalue weighted by molar-refractivity contribution is 0.0925. The lowest BCUT2D eigenvalue weighted by Crippen LogP contribution is -2.38. The fourth-order valence-electron chi connectivity index (χ4n) is 2.70. The first-order valence-electron chi connectivity index (χ1n) is 6.92. The Kier molecular flexibility index (Phi) is 3.29. The highest BCUT2D eigenvalue weighted by molar-refractivity contribution is 9.10. The maximum absolute atomic E-state index is 12.5. The van der Waals surface area contributed by atoms with Crippen LogP contribution in [0.3, 0.4) is 0 Å². The summed E-state index contributed by atoms with van der Waals surface area (Å²) < 4.78 is 0.857. The highest BCUT2D eigenvalue weighted by Gasteiger charge is 2.42. The first-order valence-corrected chi connectivity index (χ1v) is 7.72. The van der Waals surface area contributed by atoms with Gasteiger partial charge in [-0.3, -0.25) is 4.79 Å². The summed E-state index contributed by atoms with van der Waals surface area (Å²) in [5.74, 6) is 1.44. The molecule has 0 bridgehead atoms. The van der Waals surface area contributed by atoms with Crippen LogP contribution in [-0.4, -0.2) is 11.9 Å². The number of rotatable bonds is 4. The van der Waals surface area contributed by atoms with Crippen LogP contribution in [0, 0.1) is 18.8 Å². The maximum Gasteiger partial charge on any atom is 0.251 e. The Hall–Kier alpha value is -1.03. The summed E-state index contributed by atoms with van der Waals surface area (Å²) in [5, 5.41) is 3.24. The van der Waals surface area contributed by atoms with Crippen molar-refractivity contribution < 1.29 is 4.79 Å². The smallest absolute Gasteiger partial charge is 0.251 e. The van der Waals surface area contributed by atoms with E-state index >= 15 is 0 Å². The SMILES string of the molecule is Cc1c(N)cc(Br)cc1C(=O)NC(C1CC1)C1CC1. The first-order chi connectivity index (χ1) is 9.06. The number of carbonyl (C=O) groups excluding carboxylic acids is 1. The van der Waals surface area contributed by atoms with Crippen molar-refractivity contribution in [2.45, 2.75) is 38.6 Å². The van der Waals surface area contributed by atoms with Crippen molar-refractivity contribution in [2.75, 3.05) is 5.73 Å². The largest absolute Gasteiger partial charge is 0.398 e. The van der Waals surface area contributed by atoms with Crippen LogP contribution in [0.25, 0.3) is 0 Å². The molecule has 1 aromatic rings. The summed E-state index contributed by atoms with van der Waals surface area (Å²) in [6, 6.07) is 4.08. The third-order valence-corrected chi connectivity index (χ3v) is 4.67. The van der Waals surface area contributed by atoms with Gasteiger partial charge in [0.1, 0.15) is 0 Å². The Balaban J connectivity index is 1.79. The molecule has 1 aromatic carbocycles. The molecule has 3 nitrogen and oxygen atoms in total. The molecule has 102 valence electrons. The molecule has 0 heterocycles. The van der Waals surface area contributed by atoms with Crippen LogP contribution in [0.2, 0.25) is 0 Å². The molecular formula is C15H19BrN2O. The lowest BCUT2D eigenvalue weighted by Gasteiger charge is -2.19. The summed E-state index contributed by atoms with van der Waals surface area (Å²) in [7, 11) is 0. The molecule has 2 aliphatic carbocycles. The molecule has 0 saturated heterocycles. The van der Waals surface area contributed by atoms with Gasteiger partial charge < -0.3 is 11.1 Å². The topological polar surface area (TPSA) is 55.1 Å². The molecule has 2 aliphatic rings. The van der Waals surface area contributed by atoms with Crippen molar-refractivity contribution in [3.63, 3.8) is 0 Å². The van der Waals surface area contributed by atoms with Gasteiger partial charge in [0.2, 0.25) is 0 Å². The Morgan fingerprint density at radius 3 is 2.42 bits per heavy atom. The van der Waals surface area contributed by atoms with E-state index in [9.17, 15) is 4.79 Å².